The first-order chi connectivity index (χ1) is 48.5. The van der Waals surface area contributed by atoms with Crippen LogP contribution in [0.25, 0.3) is 0 Å². The summed E-state index contributed by atoms with van der Waals surface area (Å²) in [5.74, 6) is -0.000783. The zero-order chi connectivity index (χ0) is 70.5. The van der Waals surface area contributed by atoms with Crippen molar-refractivity contribution in [3.05, 3.63) is 24.3 Å². The van der Waals surface area contributed by atoms with E-state index in [1.165, 1.54) is 456 Å². The Morgan fingerprint density at radius 1 is 0.276 bits per heavy atom. The van der Waals surface area contributed by atoms with Crippen LogP contribution in [0.3, 0.4) is 0 Å². The zero-order valence-corrected chi connectivity index (χ0v) is 67.1. The lowest BCUT2D eigenvalue weighted by atomic mass is 10.0. The van der Waals surface area contributed by atoms with Crippen molar-refractivity contribution in [3.8, 4) is 0 Å². The number of esters is 1. The zero-order valence-electron chi connectivity index (χ0n) is 67.1. The van der Waals surface area contributed by atoms with Gasteiger partial charge in [-0.3, -0.25) is 9.59 Å². The minimum Gasteiger partial charge on any atom is -0.466 e. The Morgan fingerprint density at radius 3 is 0.724 bits per heavy atom. The van der Waals surface area contributed by atoms with Crippen molar-refractivity contribution >= 4 is 11.9 Å². The fraction of sp³-hybridized carbons (Fsp3) is 0.935. The van der Waals surface area contributed by atoms with E-state index in [4.69, 9.17) is 4.74 Å². The Labute approximate surface area is 615 Å². The van der Waals surface area contributed by atoms with Crippen LogP contribution in [0.1, 0.15) is 528 Å². The topological polar surface area (TPSA) is 95.9 Å². The summed E-state index contributed by atoms with van der Waals surface area (Å²) in [5.41, 5.74) is 0. The molecule has 0 aliphatic heterocycles. The summed E-state index contributed by atoms with van der Waals surface area (Å²) < 4.78 is 5.52. The van der Waals surface area contributed by atoms with E-state index in [1.807, 2.05) is 0 Å². The first-order valence-electron chi connectivity index (χ1n) is 45.6. The number of hydrogen-bond acceptors (Lipinski definition) is 5. The van der Waals surface area contributed by atoms with Gasteiger partial charge in [0.25, 0.3) is 0 Å². The molecule has 0 rings (SSSR count). The Balaban J connectivity index is 3.32. The van der Waals surface area contributed by atoms with E-state index in [0.717, 1.165) is 38.5 Å². The molecule has 1 amide bonds. The van der Waals surface area contributed by atoms with Crippen LogP contribution in [-0.4, -0.2) is 47.4 Å². The summed E-state index contributed by atoms with van der Waals surface area (Å²) in [6.07, 6.45) is 115. The van der Waals surface area contributed by atoms with Gasteiger partial charge in [-0.1, -0.05) is 462 Å². The lowest BCUT2D eigenvalue weighted by molar-refractivity contribution is -0.143. The van der Waals surface area contributed by atoms with Crippen molar-refractivity contribution in [1.82, 2.24) is 5.32 Å². The van der Waals surface area contributed by atoms with Crippen molar-refractivity contribution < 1.29 is 24.5 Å². The van der Waals surface area contributed by atoms with Gasteiger partial charge in [0.15, 0.2) is 0 Å². The molecular weight excluding hydrogens is 1200 g/mol. The maximum Gasteiger partial charge on any atom is 0.305 e. The largest absolute Gasteiger partial charge is 0.466 e. The summed E-state index contributed by atoms with van der Waals surface area (Å²) in [5, 5.41) is 23.5. The van der Waals surface area contributed by atoms with Crippen LogP contribution in [0.15, 0.2) is 24.3 Å². The van der Waals surface area contributed by atoms with Crippen molar-refractivity contribution in [1.29, 1.82) is 0 Å². The maximum absolute atomic E-state index is 12.6. The molecule has 6 nitrogen and oxygen atoms in total. The third-order valence-corrected chi connectivity index (χ3v) is 21.7. The molecule has 98 heavy (non-hydrogen) atoms. The molecule has 6 heteroatoms. The average molecular weight is 1380 g/mol. The highest BCUT2D eigenvalue weighted by Gasteiger charge is 2.20. The molecule has 0 radical (unpaired) electrons. The normalized spacial score (nSPS) is 12.5. The summed E-state index contributed by atoms with van der Waals surface area (Å²) in [6, 6.07) is -0.539. The van der Waals surface area contributed by atoms with Gasteiger partial charge in [-0.2, -0.15) is 0 Å². The molecule has 0 aromatic heterocycles. The quantitative estimate of drug-likeness (QED) is 0.0320. The summed E-state index contributed by atoms with van der Waals surface area (Å²) in [6.45, 7) is 5.02. The molecule has 582 valence electrons. The standard InChI is InChI=1S/C92H179NO5/c1-3-5-7-9-11-13-15-17-19-21-23-24-42-45-49-52-56-60-64-68-72-76-80-84-90(95)89(88-94)93-91(96)85-81-77-73-69-65-61-57-53-50-46-43-40-38-36-34-32-30-28-26-25-27-29-31-33-35-37-39-41-44-47-51-55-59-63-67-71-75-79-83-87-98-92(97)86-82-78-74-70-66-62-58-54-48-22-20-18-16-14-12-10-8-6-4-2/h18,20,25-26,89-90,94-95H,3-17,19,21-24,27-88H2,1-2H3,(H,93,96)/b20-18-,26-25-. The van der Waals surface area contributed by atoms with Crippen LogP contribution in [0.2, 0.25) is 0 Å². The number of allylic oxidation sites excluding steroid dienone is 4. The molecule has 0 aromatic rings. The van der Waals surface area contributed by atoms with Crippen molar-refractivity contribution in [2.24, 2.45) is 0 Å². The molecule has 0 saturated heterocycles. The van der Waals surface area contributed by atoms with E-state index in [9.17, 15) is 19.8 Å². The van der Waals surface area contributed by atoms with Crippen LogP contribution >= 0.6 is 0 Å². The molecule has 0 heterocycles. The third-order valence-electron chi connectivity index (χ3n) is 21.7. The van der Waals surface area contributed by atoms with Crippen LogP contribution in [0, 0.1) is 0 Å². The number of unbranched alkanes of at least 4 members (excludes halogenated alkanes) is 72. The summed E-state index contributed by atoms with van der Waals surface area (Å²) >= 11 is 0. The number of nitrogens with one attached hydrogen (secondary N) is 1. The molecular formula is C92H179NO5. The highest BCUT2D eigenvalue weighted by Crippen LogP contribution is 2.21. The Hall–Kier alpha value is -1.66. The van der Waals surface area contributed by atoms with Crippen molar-refractivity contribution in [2.45, 2.75) is 540 Å². The minimum absolute atomic E-state index is 0.0234. The van der Waals surface area contributed by atoms with Gasteiger partial charge < -0.3 is 20.3 Å². The number of hydrogen-bond donors (Lipinski definition) is 3. The number of ether oxygens (including phenoxy) is 1. The predicted molar refractivity (Wildman–Crippen MR) is 435 cm³/mol. The fourth-order valence-electron chi connectivity index (χ4n) is 14.8. The number of aliphatic hydroxyl groups is 2. The van der Waals surface area contributed by atoms with E-state index in [1.54, 1.807) is 0 Å². The van der Waals surface area contributed by atoms with E-state index in [0.29, 0.717) is 25.9 Å². The first-order valence-corrected chi connectivity index (χ1v) is 45.6. The van der Waals surface area contributed by atoms with Gasteiger partial charge in [-0.15, -0.1) is 0 Å². The SMILES string of the molecule is CCCCCCCC/C=C\CCCCCCCCCCCC(=O)OCCCCCCCCCCCCCCCCCCCC/C=C\CCCCCCCCCCCCCCCCCCCC(=O)NC(CO)C(O)CCCCCCCCCCCCCCCCCCCCCCCCC. The molecule has 0 aliphatic carbocycles. The van der Waals surface area contributed by atoms with Gasteiger partial charge in [-0.25, -0.2) is 0 Å². The second-order valence-corrected chi connectivity index (χ2v) is 31.6. The second kappa shape index (κ2) is 87.7. The monoisotopic (exact) mass is 1380 g/mol. The number of rotatable bonds is 87. The molecule has 2 atom stereocenters. The number of amides is 1. The first kappa shape index (κ1) is 96.3. The van der Waals surface area contributed by atoms with Gasteiger partial charge in [0.05, 0.1) is 25.4 Å². The van der Waals surface area contributed by atoms with Gasteiger partial charge in [-0.05, 0) is 77.0 Å². The number of carbonyl (C=O) groups is 2. The molecule has 2 unspecified atom stereocenters. The molecule has 0 aliphatic rings. The lowest BCUT2D eigenvalue weighted by Gasteiger charge is -2.22. The van der Waals surface area contributed by atoms with Gasteiger partial charge in [0, 0.05) is 12.8 Å². The molecule has 0 saturated carbocycles. The molecule has 3 N–H and O–H groups in total. The highest BCUT2D eigenvalue weighted by atomic mass is 16.5. The van der Waals surface area contributed by atoms with Gasteiger partial charge in [0.1, 0.15) is 0 Å². The van der Waals surface area contributed by atoms with E-state index in [-0.39, 0.29) is 18.5 Å². The third kappa shape index (κ3) is 83.3. The average Bonchev–Trinajstić information content (AvgIpc) is 1.77. The Kier molecular flexibility index (Phi) is 86.3. The lowest BCUT2D eigenvalue weighted by Crippen LogP contribution is -2.45. The fourth-order valence-corrected chi connectivity index (χ4v) is 14.8. The summed E-state index contributed by atoms with van der Waals surface area (Å²) in [4.78, 5) is 24.7. The van der Waals surface area contributed by atoms with Crippen LogP contribution in [-0.2, 0) is 14.3 Å². The predicted octanol–water partition coefficient (Wildman–Crippen LogP) is 30.7. The van der Waals surface area contributed by atoms with Crippen molar-refractivity contribution in [2.75, 3.05) is 13.2 Å². The molecule has 0 aromatic carbocycles. The number of aliphatic hydroxyl groups excluding tert-OH is 2. The Morgan fingerprint density at radius 2 is 0.480 bits per heavy atom. The maximum atomic E-state index is 12.6. The molecule has 0 spiro atoms. The highest BCUT2D eigenvalue weighted by molar-refractivity contribution is 5.76. The smallest absolute Gasteiger partial charge is 0.305 e. The van der Waals surface area contributed by atoms with Gasteiger partial charge >= 0.3 is 5.97 Å². The Bertz CT molecular complexity index is 1550. The van der Waals surface area contributed by atoms with E-state index >= 15 is 0 Å². The summed E-state index contributed by atoms with van der Waals surface area (Å²) in [7, 11) is 0. The second-order valence-electron chi connectivity index (χ2n) is 31.6. The minimum atomic E-state index is -0.663. The van der Waals surface area contributed by atoms with Crippen LogP contribution < -0.4 is 5.32 Å². The van der Waals surface area contributed by atoms with Crippen molar-refractivity contribution in [3.63, 3.8) is 0 Å². The van der Waals surface area contributed by atoms with Gasteiger partial charge in [0.2, 0.25) is 5.91 Å². The molecule has 0 bridgehead atoms. The molecule has 0 fully saturated rings. The van der Waals surface area contributed by atoms with E-state index < -0.39 is 12.1 Å². The van der Waals surface area contributed by atoms with Crippen LogP contribution in [0.5, 0.6) is 0 Å². The van der Waals surface area contributed by atoms with Crippen LogP contribution in [0.4, 0.5) is 0 Å². The number of carbonyl (C=O) groups excluding carboxylic acids is 2. The van der Waals surface area contributed by atoms with E-state index in [2.05, 4.69) is 43.5 Å².